The Morgan fingerprint density at radius 1 is 1.09 bits per heavy atom. The fraction of sp³-hybridized carbons (Fsp3) is 0.269. The van der Waals surface area contributed by atoms with Crippen LogP contribution in [0.4, 0.5) is 0 Å². The van der Waals surface area contributed by atoms with Crippen LogP contribution < -0.4 is 5.73 Å². The van der Waals surface area contributed by atoms with Crippen molar-refractivity contribution in [2.75, 3.05) is 0 Å². The summed E-state index contributed by atoms with van der Waals surface area (Å²) in [5, 5.41) is 17.7. The highest BCUT2D eigenvalue weighted by Gasteiger charge is 2.41. The number of aromatic nitrogens is 4. The van der Waals surface area contributed by atoms with E-state index in [1.807, 2.05) is 10.7 Å². The Morgan fingerprint density at radius 2 is 1.91 bits per heavy atom. The van der Waals surface area contributed by atoms with Gasteiger partial charge < -0.3 is 10.8 Å². The molecule has 4 heterocycles. The Morgan fingerprint density at radius 3 is 2.61 bits per heavy atom. The molecule has 7 rings (SSSR count). The van der Waals surface area contributed by atoms with Gasteiger partial charge in [0.05, 0.1) is 17.5 Å². The van der Waals surface area contributed by atoms with E-state index in [2.05, 4.69) is 58.9 Å². The number of thiophene rings is 1. The number of hydrogen-bond acceptors (Lipinski definition) is 6. The van der Waals surface area contributed by atoms with Gasteiger partial charge in [-0.15, -0.1) is 11.3 Å². The first-order chi connectivity index (χ1) is 16.1. The third-order valence-corrected chi connectivity index (χ3v) is 7.90. The van der Waals surface area contributed by atoms with Crippen LogP contribution in [0.1, 0.15) is 42.9 Å². The molecule has 2 fully saturated rings. The van der Waals surface area contributed by atoms with Gasteiger partial charge in [0, 0.05) is 45.1 Å². The number of nitrogens with two attached hydrogens (primary N) is 1. The summed E-state index contributed by atoms with van der Waals surface area (Å²) in [5.74, 6) is 0.563. The SMILES string of the molecule is N[C@]1(c2ccc(-c3nc4c(cnc5cc(C6CC6)nn54)cc3-c3cccs3)cc2)C[C@@H](O)C1. The smallest absolute Gasteiger partial charge is 0.165 e. The number of aliphatic hydroxyl groups is 1. The second kappa shape index (κ2) is 6.93. The van der Waals surface area contributed by atoms with E-state index >= 15 is 0 Å². The summed E-state index contributed by atoms with van der Waals surface area (Å²) in [7, 11) is 0. The molecule has 4 aromatic heterocycles. The van der Waals surface area contributed by atoms with Crippen molar-refractivity contribution in [2.45, 2.75) is 43.2 Å². The van der Waals surface area contributed by atoms with Gasteiger partial charge in [-0.3, -0.25) is 0 Å². The minimum Gasteiger partial charge on any atom is -0.393 e. The van der Waals surface area contributed by atoms with Crippen LogP contribution in [0.15, 0.2) is 60.1 Å². The summed E-state index contributed by atoms with van der Waals surface area (Å²) < 4.78 is 1.89. The molecule has 5 aromatic rings. The number of fused-ring (bicyclic) bond motifs is 3. The van der Waals surface area contributed by atoms with Crippen LogP contribution in [0.25, 0.3) is 38.4 Å². The van der Waals surface area contributed by atoms with E-state index in [1.165, 1.54) is 17.7 Å². The molecule has 0 radical (unpaired) electrons. The predicted molar refractivity (Wildman–Crippen MR) is 130 cm³/mol. The highest BCUT2D eigenvalue weighted by atomic mass is 32.1. The molecule has 7 heteroatoms. The summed E-state index contributed by atoms with van der Waals surface area (Å²) in [5.41, 5.74) is 12.9. The molecule has 6 nitrogen and oxygen atoms in total. The monoisotopic (exact) mass is 453 g/mol. The summed E-state index contributed by atoms with van der Waals surface area (Å²) in [6.45, 7) is 0. The van der Waals surface area contributed by atoms with Gasteiger partial charge in [0.2, 0.25) is 0 Å². The van der Waals surface area contributed by atoms with Crippen molar-refractivity contribution in [3.8, 4) is 21.7 Å². The molecule has 0 atom stereocenters. The van der Waals surface area contributed by atoms with Crippen LogP contribution in [0.2, 0.25) is 0 Å². The van der Waals surface area contributed by atoms with Crippen molar-refractivity contribution >= 4 is 28.0 Å². The lowest BCUT2D eigenvalue weighted by atomic mass is 9.70. The minimum absolute atomic E-state index is 0.298. The molecule has 164 valence electrons. The number of aliphatic hydroxyl groups excluding tert-OH is 1. The molecule has 0 spiro atoms. The second-order valence-electron chi connectivity index (χ2n) is 9.44. The van der Waals surface area contributed by atoms with Gasteiger partial charge >= 0.3 is 0 Å². The number of rotatable bonds is 4. The number of hydrogen-bond donors (Lipinski definition) is 2. The van der Waals surface area contributed by atoms with E-state index in [9.17, 15) is 5.11 Å². The second-order valence-corrected chi connectivity index (χ2v) is 10.4. The largest absolute Gasteiger partial charge is 0.393 e. The van der Waals surface area contributed by atoms with Crippen LogP contribution in [0.5, 0.6) is 0 Å². The molecule has 0 aliphatic heterocycles. The molecule has 2 saturated carbocycles. The number of pyridine rings is 1. The standard InChI is InChI=1S/C26H23N5OS/c27-26(12-19(32)13-26)18-7-5-16(6-8-18)24-20(22-2-1-9-33-22)10-17-14-28-23-11-21(15-3-4-15)30-31(23)25(17)29-24/h1-2,5-11,14-15,19,32H,3-4,12-13,27H2/t19-,26-. The van der Waals surface area contributed by atoms with Gasteiger partial charge in [0.1, 0.15) is 0 Å². The molecule has 2 aliphatic rings. The lowest BCUT2D eigenvalue weighted by Crippen LogP contribution is -2.51. The third-order valence-electron chi connectivity index (χ3n) is 6.99. The van der Waals surface area contributed by atoms with Gasteiger partial charge in [-0.1, -0.05) is 30.3 Å². The maximum atomic E-state index is 9.74. The Balaban J connectivity index is 1.41. The van der Waals surface area contributed by atoms with Crippen molar-refractivity contribution in [1.29, 1.82) is 0 Å². The van der Waals surface area contributed by atoms with Crippen LogP contribution in [0, 0.1) is 0 Å². The molecule has 33 heavy (non-hydrogen) atoms. The molecule has 2 aliphatic carbocycles. The summed E-state index contributed by atoms with van der Waals surface area (Å²) >= 11 is 1.70. The Labute approximate surface area is 194 Å². The Bertz CT molecular complexity index is 1500. The zero-order valence-corrected chi connectivity index (χ0v) is 18.8. The number of nitrogens with zero attached hydrogens (tertiary/aromatic N) is 4. The van der Waals surface area contributed by atoms with E-state index in [0.717, 1.165) is 44.8 Å². The Hall–Kier alpha value is -3.13. The molecule has 1 aromatic carbocycles. The minimum atomic E-state index is -0.433. The maximum Gasteiger partial charge on any atom is 0.165 e. The molecule has 3 N–H and O–H groups in total. The van der Waals surface area contributed by atoms with Crippen molar-refractivity contribution in [3.05, 3.63) is 71.4 Å². The fourth-order valence-electron chi connectivity index (χ4n) is 4.95. The molecular weight excluding hydrogens is 430 g/mol. The van der Waals surface area contributed by atoms with E-state index in [0.29, 0.717) is 18.8 Å². The van der Waals surface area contributed by atoms with E-state index in [4.69, 9.17) is 15.8 Å². The molecule has 0 bridgehead atoms. The van der Waals surface area contributed by atoms with Gasteiger partial charge in [-0.2, -0.15) is 9.61 Å². The first kappa shape index (κ1) is 19.3. The van der Waals surface area contributed by atoms with Gasteiger partial charge in [-0.05, 0) is 48.8 Å². The van der Waals surface area contributed by atoms with E-state index in [-0.39, 0.29) is 6.10 Å². The quantitative estimate of drug-likeness (QED) is 0.406. The maximum absolute atomic E-state index is 9.74. The van der Waals surface area contributed by atoms with E-state index < -0.39 is 5.54 Å². The number of benzene rings is 1. The zero-order valence-electron chi connectivity index (χ0n) is 18.0. The lowest BCUT2D eigenvalue weighted by molar-refractivity contribution is 0.0209. The van der Waals surface area contributed by atoms with Gasteiger partial charge in [-0.25, -0.2) is 9.97 Å². The first-order valence-corrected chi connectivity index (χ1v) is 12.3. The van der Waals surface area contributed by atoms with Crippen molar-refractivity contribution in [3.63, 3.8) is 0 Å². The molecular formula is C26H23N5OS. The lowest BCUT2D eigenvalue weighted by Gasteiger charge is -2.42. The van der Waals surface area contributed by atoms with Crippen LogP contribution in [0.3, 0.4) is 0 Å². The predicted octanol–water partition coefficient (Wildman–Crippen LogP) is 4.86. The van der Waals surface area contributed by atoms with Crippen LogP contribution in [-0.4, -0.2) is 30.8 Å². The molecule has 0 amide bonds. The van der Waals surface area contributed by atoms with Crippen molar-refractivity contribution in [2.24, 2.45) is 5.73 Å². The topological polar surface area (TPSA) is 89.3 Å². The molecule has 0 unspecified atom stereocenters. The fourth-order valence-corrected chi connectivity index (χ4v) is 5.69. The highest BCUT2D eigenvalue weighted by Crippen LogP contribution is 2.42. The van der Waals surface area contributed by atoms with Crippen LogP contribution in [-0.2, 0) is 5.54 Å². The zero-order chi connectivity index (χ0) is 22.2. The third kappa shape index (κ3) is 3.11. The van der Waals surface area contributed by atoms with Gasteiger partial charge in [0.15, 0.2) is 11.3 Å². The summed E-state index contributed by atoms with van der Waals surface area (Å²) in [4.78, 5) is 11.0. The highest BCUT2D eigenvalue weighted by molar-refractivity contribution is 7.13. The Kier molecular flexibility index (Phi) is 4.07. The van der Waals surface area contributed by atoms with Crippen molar-refractivity contribution in [1.82, 2.24) is 19.6 Å². The summed E-state index contributed by atoms with van der Waals surface area (Å²) in [6.07, 6.45) is 5.22. The van der Waals surface area contributed by atoms with E-state index in [1.54, 1.807) is 11.3 Å². The summed E-state index contributed by atoms with van der Waals surface area (Å²) in [6, 6.07) is 16.8. The van der Waals surface area contributed by atoms with Crippen molar-refractivity contribution < 1.29 is 5.11 Å². The first-order valence-electron chi connectivity index (χ1n) is 11.4. The average molecular weight is 454 g/mol. The molecule has 0 saturated heterocycles. The van der Waals surface area contributed by atoms with Gasteiger partial charge in [0.25, 0.3) is 0 Å². The average Bonchev–Trinajstić information content (AvgIpc) is 3.33. The normalized spacial score (nSPS) is 22.7. The van der Waals surface area contributed by atoms with Crippen LogP contribution >= 0.6 is 11.3 Å².